The second kappa shape index (κ2) is 8.97. The number of piperidine rings is 1. The van der Waals surface area contributed by atoms with Crippen molar-refractivity contribution in [2.45, 2.75) is 31.2 Å². The number of nitrogens with two attached hydrogens (primary N) is 1. The van der Waals surface area contributed by atoms with Gasteiger partial charge in [-0.3, -0.25) is 4.90 Å². The summed E-state index contributed by atoms with van der Waals surface area (Å²) in [6.45, 7) is 2.02. The Kier molecular flexibility index (Phi) is 6.42. The molecule has 2 atom stereocenters. The Labute approximate surface area is 149 Å². The van der Waals surface area contributed by atoms with Gasteiger partial charge in [0.2, 0.25) is 6.86 Å². The SMILES string of the molecule is NCCCN1CCC(c2ccccc2)CC1c1ccc(OCF)cc1. The van der Waals surface area contributed by atoms with E-state index in [-0.39, 0.29) is 0 Å². The summed E-state index contributed by atoms with van der Waals surface area (Å²) in [7, 11) is 0. The number of rotatable bonds is 7. The summed E-state index contributed by atoms with van der Waals surface area (Å²) in [5.41, 5.74) is 8.41. The molecule has 1 saturated heterocycles. The molecule has 1 aliphatic heterocycles. The van der Waals surface area contributed by atoms with Gasteiger partial charge in [0, 0.05) is 6.04 Å². The normalized spacial score (nSPS) is 21.2. The molecule has 2 unspecified atom stereocenters. The molecule has 134 valence electrons. The first-order valence-corrected chi connectivity index (χ1v) is 9.09. The minimum Gasteiger partial charge on any atom is -0.463 e. The molecule has 3 rings (SSSR count). The van der Waals surface area contributed by atoms with Crippen molar-refractivity contribution in [3.8, 4) is 5.75 Å². The van der Waals surface area contributed by atoms with Crippen molar-refractivity contribution in [3.05, 3.63) is 65.7 Å². The summed E-state index contributed by atoms with van der Waals surface area (Å²) in [5, 5.41) is 0. The van der Waals surface area contributed by atoms with Crippen molar-refractivity contribution in [2.75, 3.05) is 26.5 Å². The molecule has 2 aromatic rings. The highest BCUT2D eigenvalue weighted by atomic mass is 19.1. The van der Waals surface area contributed by atoms with Crippen LogP contribution in [0.4, 0.5) is 4.39 Å². The van der Waals surface area contributed by atoms with Crippen molar-refractivity contribution in [2.24, 2.45) is 5.73 Å². The van der Waals surface area contributed by atoms with Gasteiger partial charge in [-0.1, -0.05) is 42.5 Å². The third-order valence-corrected chi connectivity index (χ3v) is 5.12. The summed E-state index contributed by atoms with van der Waals surface area (Å²) >= 11 is 0. The fourth-order valence-electron chi connectivity index (χ4n) is 3.80. The van der Waals surface area contributed by atoms with Gasteiger partial charge in [-0.2, -0.15) is 0 Å². The Bertz CT molecular complexity index is 632. The lowest BCUT2D eigenvalue weighted by Crippen LogP contribution is -2.37. The molecular weight excluding hydrogens is 315 g/mol. The number of nitrogens with zero attached hydrogens (tertiary/aromatic N) is 1. The van der Waals surface area contributed by atoms with E-state index in [4.69, 9.17) is 10.5 Å². The smallest absolute Gasteiger partial charge is 0.228 e. The zero-order chi connectivity index (χ0) is 17.5. The van der Waals surface area contributed by atoms with Gasteiger partial charge >= 0.3 is 0 Å². The lowest BCUT2D eigenvalue weighted by molar-refractivity contribution is 0.134. The van der Waals surface area contributed by atoms with Crippen LogP contribution in [0.3, 0.4) is 0 Å². The standard InChI is InChI=1S/C21H27FN2O/c22-16-25-20-9-7-18(8-10-20)21-15-19(17-5-2-1-3-6-17)11-14-24(21)13-4-12-23/h1-3,5-10,19,21H,4,11-16,23H2. The van der Waals surface area contributed by atoms with E-state index in [9.17, 15) is 4.39 Å². The molecule has 0 aliphatic carbocycles. The molecule has 0 amide bonds. The maximum atomic E-state index is 12.3. The molecule has 3 nitrogen and oxygen atoms in total. The Hall–Kier alpha value is -1.91. The number of benzene rings is 2. The maximum Gasteiger partial charge on any atom is 0.228 e. The molecule has 0 radical (unpaired) electrons. The Balaban J connectivity index is 1.78. The first-order valence-electron chi connectivity index (χ1n) is 9.09. The Morgan fingerprint density at radius 2 is 1.80 bits per heavy atom. The van der Waals surface area contributed by atoms with E-state index >= 15 is 0 Å². The highest BCUT2D eigenvalue weighted by Crippen LogP contribution is 2.39. The van der Waals surface area contributed by atoms with E-state index in [0.29, 0.717) is 24.3 Å². The minimum absolute atomic E-state index is 0.366. The molecule has 0 spiro atoms. The number of likely N-dealkylation sites (tertiary alicyclic amines) is 1. The van der Waals surface area contributed by atoms with Gasteiger partial charge in [0.15, 0.2) is 0 Å². The Morgan fingerprint density at radius 3 is 2.48 bits per heavy atom. The van der Waals surface area contributed by atoms with Gasteiger partial charge in [-0.25, -0.2) is 4.39 Å². The van der Waals surface area contributed by atoms with E-state index < -0.39 is 6.86 Å². The number of hydrogen-bond acceptors (Lipinski definition) is 3. The van der Waals surface area contributed by atoms with Gasteiger partial charge in [0.1, 0.15) is 5.75 Å². The van der Waals surface area contributed by atoms with Crippen molar-refractivity contribution in [1.29, 1.82) is 0 Å². The zero-order valence-corrected chi connectivity index (χ0v) is 14.6. The highest BCUT2D eigenvalue weighted by Gasteiger charge is 2.29. The van der Waals surface area contributed by atoms with E-state index in [1.807, 2.05) is 12.1 Å². The molecule has 1 heterocycles. The van der Waals surface area contributed by atoms with Crippen molar-refractivity contribution >= 4 is 0 Å². The minimum atomic E-state index is -0.790. The predicted molar refractivity (Wildman–Crippen MR) is 99.4 cm³/mol. The van der Waals surface area contributed by atoms with Crippen LogP contribution in [0.1, 0.15) is 42.3 Å². The average molecular weight is 342 g/mol. The summed E-state index contributed by atoms with van der Waals surface area (Å²) in [4.78, 5) is 2.54. The van der Waals surface area contributed by atoms with E-state index in [0.717, 1.165) is 25.9 Å². The molecule has 0 saturated carbocycles. The number of halogens is 1. The molecule has 25 heavy (non-hydrogen) atoms. The largest absolute Gasteiger partial charge is 0.463 e. The van der Waals surface area contributed by atoms with Crippen LogP contribution in [-0.4, -0.2) is 31.4 Å². The third-order valence-electron chi connectivity index (χ3n) is 5.12. The van der Waals surface area contributed by atoms with Crippen LogP contribution >= 0.6 is 0 Å². The van der Waals surface area contributed by atoms with Crippen LogP contribution in [0.5, 0.6) is 5.75 Å². The van der Waals surface area contributed by atoms with Gasteiger partial charge in [0.05, 0.1) is 0 Å². The van der Waals surface area contributed by atoms with Crippen LogP contribution < -0.4 is 10.5 Å². The topological polar surface area (TPSA) is 38.5 Å². The lowest BCUT2D eigenvalue weighted by Gasteiger charge is -2.40. The number of alkyl halides is 1. The summed E-state index contributed by atoms with van der Waals surface area (Å²) in [6.07, 6.45) is 3.28. The summed E-state index contributed by atoms with van der Waals surface area (Å²) < 4.78 is 17.3. The van der Waals surface area contributed by atoms with Crippen LogP contribution in [0, 0.1) is 0 Å². The molecule has 0 aromatic heterocycles. The van der Waals surface area contributed by atoms with Crippen molar-refractivity contribution < 1.29 is 9.13 Å². The van der Waals surface area contributed by atoms with Gasteiger partial charge in [-0.15, -0.1) is 0 Å². The second-order valence-electron chi connectivity index (χ2n) is 6.65. The molecule has 1 aliphatic rings. The average Bonchev–Trinajstić information content (AvgIpc) is 2.68. The van der Waals surface area contributed by atoms with Gasteiger partial charge < -0.3 is 10.5 Å². The van der Waals surface area contributed by atoms with Gasteiger partial charge in [-0.05, 0) is 68.1 Å². The molecule has 2 N–H and O–H groups in total. The highest BCUT2D eigenvalue weighted by molar-refractivity contribution is 5.30. The molecule has 2 aromatic carbocycles. The Morgan fingerprint density at radius 1 is 1.04 bits per heavy atom. The van der Waals surface area contributed by atoms with Crippen LogP contribution in [0.2, 0.25) is 0 Å². The van der Waals surface area contributed by atoms with Gasteiger partial charge in [0.25, 0.3) is 0 Å². The van der Waals surface area contributed by atoms with E-state index in [2.05, 4.69) is 47.4 Å². The first-order chi connectivity index (χ1) is 12.3. The predicted octanol–water partition coefficient (Wildman–Crippen LogP) is 4.26. The van der Waals surface area contributed by atoms with E-state index in [1.54, 1.807) is 0 Å². The lowest BCUT2D eigenvalue weighted by atomic mass is 9.82. The second-order valence-corrected chi connectivity index (χ2v) is 6.65. The van der Waals surface area contributed by atoms with E-state index in [1.165, 1.54) is 17.5 Å². The van der Waals surface area contributed by atoms with Crippen LogP contribution in [0.25, 0.3) is 0 Å². The molecular formula is C21H27FN2O. The molecule has 4 heteroatoms. The van der Waals surface area contributed by atoms with Crippen LogP contribution in [0.15, 0.2) is 54.6 Å². The summed E-state index contributed by atoms with van der Waals surface area (Å²) in [5.74, 6) is 1.15. The zero-order valence-electron chi connectivity index (χ0n) is 14.6. The quantitative estimate of drug-likeness (QED) is 0.817. The number of hydrogen-bond donors (Lipinski definition) is 1. The van der Waals surface area contributed by atoms with Crippen molar-refractivity contribution in [1.82, 2.24) is 4.90 Å². The first kappa shape index (κ1) is 17.9. The summed E-state index contributed by atoms with van der Waals surface area (Å²) in [6, 6.07) is 19.0. The monoisotopic (exact) mass is 342 g/mol. The molecule has 1 fully saturated rings. The number of ether oxygens (including phenoxy) is 1. The maximum absolute atomic E-state index is 12.3. The fraction of sp³-hybridized carbons (Fsp3) is 0.429. The fourth-order valence-corrected chi connectivity index (χ4v) is 3.80. The van der Waals surface area contributed by atoms with Crippen molar-refractivity contribution in [3.63, 3.8) is 0 Å². The molecule has 0 bridgehead atoms. The van der Waals surface area contributed by atoms with Crippen LogP contribution in [-0.2, 0) is 0 Å². The third kappa shape index (κ3) is 4.59.